The molecule has 0 bridgehead atoms. The minimum atomic E-state index is -4.48. The van der Waals surface area contributed by atoms with Gasteiger partial charge in [-0.2, -0.15) is 13.2 Å². The van der Waals surface area contributed by atoms with E-state index >= 15 is 0 Å². The standard InChI is InChI=1S/C22H12F3N3/c1-11-4-2-6-14-19(11)27-17-10-15(22(23,24)25)13-9-8-12-5-3-7-16-18(12)20(13)28(17)21(14)26-16/h2-10H,1H3. The number of aromatic nitrogens is 2. The second-order valence-electron chi connectivity index (χ2n) is 7.10. The Labute approximate surface area is 157 Å². The molecule has 3 aliphatic heterocycles. The number of para-hydroxylation sites is 1. The van der Waals surface area contributed by atoms with Gasteiger partial charge >= 0.3 is 6.18 Å². The van der Waals surface area contributed by atoms with Gasteiger partial charge in [-0.05, 0) is 36.1 Å². The predicted octanol–water partition coefficient (Wildman–Crippen LogP) is 6.48. The predicted molar refractivity (Wildman–Crippen MR) is 104 cm³/mol. The van der Waals surface area contributed by atoms with Gasteiger partial charge in [0, 0.05) is 16.2 Å². The van der Waals surface area contributed by atoms with Crippen LogP contribution in [-0.4, -0.2) is 9.97 Å². The van der Waals surface area contributed by atoms with Gasteiger partial charge in [-0.1, -0.05) is 36.4 Å². The van der Waals surface area contributed by atoms with E-state index in [-0.39, 0.29) is 11.2 Å². The van der Waals surface area contributed by atoms with Crippen LogP contribution < -0.4 is 4.90 Å². The summed E-state index contributed by atoms with van der Waals surface area (Å²) in [5, 5.41) is 2.57. The highest BCUT2D eigenvalue weighted by Crippen LogP contribution is 2.52. The molecule has 3 aliphatic rings. The van der Waals surface area contributed by atoms with Crippen molar-refractivity contribution in [2.75, 3.05) is 4.90 Å². The van der Waals surface area contributed by atoms with Crippen LogP contribution in [0, 0.1) is 6.92 Å². The molecule has 0 spiro atoms. The van der Waals surface area contributed by atoms with Crippen LogP contribution in [0.5, 0.6) is 0 Å². The topological polar surface area (TPSA) is 29.0 Å². The highest BCUT2D eigenvalue weighted by Gasteiger charge is 2.39. The maximum atomic E-state index is 13.9. The first kappa shape index (κ1) is 15.6. The molecule has 3 nitrogen and oxygen atoms in total. The van der Waals surface area contributed by atoms with Crippen molar-refractivity contribution >= 4 is 49.9 Å². The number of aryl methyl sites for hydroxylation is 1. The summed E-state index contributed by atoms with van der Waals surface area (Å²) in [4.78, 5) is 11.2. The summed E-state index contributed by atoms with van der Waals surface area (Å²) >= 11 is 0. The van der Waals surface area contributed by atoms with E-state index in [4.69, 9.17) is 4.98 Å². The lowest BCUT2D eigenvalue weighted by Gasteiger charge is -2.33. The summed E-state index contributed by atoms with van der Waals surface area (Å²) in [6.07, 6.45) is -4.48. The molecule has 0 saturated heterocycles. The Kier molecular flexibility index (Phi) is 2.73. The number of halogens is 3. The van der Waals surface area contributed by atoms with E-state index in [0.717, 1.165) is 27.8 Å². The number of rotatable bonds is 0. The van der Waals surface area contributed by atoms with Crippen LogP contribution in [0.25, 0.3) is 32.6 Å². The third kappa shape index (κ3) is 1.84. The minimum absolute atomic E-state index is 0.162. The summed E-state index contributed by atoms with van der Waals surface area (Å²) in [7, 11) is 0. The zero-order chi connectivity index (χ0) is 19.2. The molecule has 0 unspecified atom stereocenters. The number of benzene rings is 3. The monoisotopic (exact) mass is 375 g/mol. The SMILES string of the molecule is Cc1cccc2c3nc4cccc5ccc6c(C(F)(F)F)cc(nc12)N3c6c54. The van der Waals surface area contributed by atoms with Gasteiger partial charge < -0.3 is 0 Å². The first-order chi connectivity index (χ1) is 13.4. The number of anilines is 3. The lowest BCUT2D eigenvalue weighted by atomic mass is 9.96. The van der Waals surface area contributed by atoms with Gasteiger partial charge in [0.1, 0.15) is 11.6 Å². The smallest absolute Gasteiger partial charge is 0.277 e. The van der Waals surface area contributed by atoms with Crippen molar-refractivity contribution in [1.29, 1.82) is 0 Å². The first-order valence-electron chi connectivity index (χ1n) is 8.86. The number of alkyl halides is 3. The van der Waals surface area contributed by atoms with Crippen molar-refractivity contribution < 1.29 is 13.2 Å². The molecule has 3 heterocycles. The van der Waals surface area contributed by atoms with Crippen LogP contribution in [0.2, 0.25) is 0 Å². The maximum Gasteiger partial charge on any atom is 0.417 e. The van der Waals surface area contributed by atoms with Gasteiger partial charge in [-0.3, -0.25) is 4.90 Å². The van der Waals surface area contributed by atoms with Gasteiger partial charge in [0.25, 0.3) is 0 Å². The van der Waals surface area contributed by atoms with Crippen molar-refractivity contribution in [3.8, 4) is 0 Å². The largest absolute Gasteiger partial charge is 0.417 e. The van der Waals surface area contributed by atoms with E-state index in [9.17, 15) is 13.2 Å². The molecular formula is C22H12F3N3. The molecule has 0 N–H and O–H groups in total. The molecule has 0 radical (unpaired) electrons. The van der Waals surface area contributed by atoms with E-state index in [0.29, 0.717) is 22.5 Å². The number of nitrogens with zero attached hydrogens (tertiary/aromatic N) is 3. The lowest BCUT2D eigenvalue weighted by Crippen LogP contribution is -2.22. The molecule has 3 aromatic rings. The van der Waals surface area contributed by atoms with Crippen molar-refractivity contribution in [2.24, 2.45) is 0 Å². The molecule has 136 valence electrons. The highest BCUT2D eigenvalue weighted by atomic mass is 19.4. The third-order valence-electron chi connectivity index (χ3n) is 5.46. The van der Waals surface area contributed by atoms with E-state index in [1.54, 1.807) is 17.0 Å². The maximum absolute atomic E-state index is 13.9. The molecule has 0 amide bonds. The second kappa shape index (κ2) is 4.90. The molecule has 0 aliphatic carbocycles. The Morgan fingerprint density at radius 3 is 2.54 bits per heavy atom. The normalized spacial score (nSPS) is 13.6. The van der Waals surface area contributed by atoms with Crippen LogP contribution in [0.4, 0.5) is 30.5 Å². The van der Waals surface area contributed by atoms with Gasteiger partial charge in [0.2, 0.25) is 0 Å². The quantitative estimate of drug-likeness (QED) is 0.304. The van der Waals surface area contributed by atoms with E-state index in [2.05, 4.69) is 4.98 Å². The number of hydrogen-bond donors (Lipinski definition) is 0. The summed E-state index contributed by atoms with van der Waals surface area (Å²) in [6.45, 7) is 1.90. The number of fused-ring (bicyclic) bond motifs is 2. The fourth-order valence-electron chi connectivity index (χ4n) is 4.25. The van der Waals surface area contributed by atoms with Crippen LogP contribution in [0.15, 0.2) is 54.6 Å². The fourth-order valence-corrected chi connectivity index (χ4v) is 4.25. The average molecular weight is 375 g/mol. The Bertz CT molecular complexity index is 1420. The van der Waals surface area contributed by atoms with Crippen molar-refractivity contribution in [2.45, 2.75) is 13.1 Å². The summed E-state index contributed by atoms with van der Waals surface area (Å²) < 4.78 is 41.7. The molecule has 0 aromatic heterocycles. The van der Waals surface area contributed by atoms with Gasteiger partial charge in [-0.15, -0.1) is 0 Å². The Morgan fingerprint density at radius 2 is 1.71 bits per heavy atom. The number of hydrogen-bond acceptors (Lipinski definition) is 3. The van der Waals surface area contributed by atoms with Crippen LogP contribution in [0.3, 0.4) is 0 Å². The van der Waals surface area contributed by atoms with Crippen molar-refractivity contribution in [3.05, 3.63) is 65.7 Å². The van der Waals surface area contributed by atoms with E-state index in [1.165, 1.54) is 0 Å². The zero-order valence-corrected chi connectivity index (χ0v) is 14.7. The Balaban J connectivity index is 1.96. The van der Waals surface area contributed by atoms with Gasteiger partial charge in [-0.25, -0.2) is 9.97 Å². The van der Waals surface area contributed by atoms with Crippen LogP contribution >= 0.6 is 0 Å². The molecule has 3 aromatic carbocycles. The Hall–Kier alpha value is -3.41. The Morgan fingerprint density at radius 1 is 0.893 bits per heavy atom. The van der Waals surface area contributed by atoms with Crippen molar-refractivity contribution in [1.82, 2.24) is 9.97 Å². The van der Waals surface area contributed by atoms with Crippen molar-refractivity contribution in [3.63, 3.8) is 0 Å². The van der Waals surface area contributed by atoms with E-state index in [1.807, 2.05) is 43.3 Å². The third-order valence-corrected chi connectivity index (χ3v) is 5.46. The zero-order valence-electron chi connectivity index (χ0n) is 14.7. The van der Waals surface area contributed by atoms with Crippen LogP contribution in [0.1, 0.15) is 11.1 Å². The fraction of sp³-hybridized carbons (Fsp3) is 0.0909. The first-order valence-corrected chi connectivity index (χ1v) is 8.86. The molecule has 6 rings (SSSR count). The molecule has 6 heteroatoms. The van der Waals surface area contributed by atoms with E-state index < -0.39 is 11.7 Å². The summed E-state index contributed by atoms with van der Waals surface area (Å²) in [5.74, 6) is 0.871. The molecule has 0 saturated carbocycles. The minimum Gasteiger partial charge on any atom is -0.277 e. The summed E-state index contributed by atoms with van der Waals surface area (Å²) in [6, 6.07) is 15.8. The van der Waals surface area contributed by atoms with Crippen LogP contribution in [-0.2, 0) is 6.18 Å². The molecule has 0 atom stereocenters. The second-order valence-corrected chi connectivity index (χ2v) is 7.10. The molecular weight excluding hydrogens is 363 g/mol. The van der Waals surface area contributed by atoms with Gasteiger partial charge in [0.05, 0.1) is 22.3 Å². The lowest BCUT2D eigenvalue weighted by molar-refractivity contribution is -0.136. The molecule has 28 heavy (non-hydrogen) atoms. The molecule has 0 fully saturated rings. The summed E-state index contributed by atoms with van der Waals surface area (Å²) in [5.41, 5.74) is 2.08. The van der Waals surface area contributed by atoms with Gasteiger partial charge in [0.15, 0.2) is 0 Å². The average Bonchev–Trinajstić information content (AvgIpc) is 2.67. The highest BCUT2D eigenvalue weighted by molar-refractivity contribution is 6.18.